The minimum absolute atomic E-state index is 0.182. The van der Waals surface area contributed by atoms with Crippen LogP contribution in [-0.4, -0.2) is 21.5 Å². The summed E-state index contributed by atoms with van der Waals surface area (Å²) in [5, 5.41) is 6.91. The van der Waals surface area contributed by atoms with E-state index in [0.717, 1.165) is 26.4 Å². The molecule has 0 radical (unpaired) electrons. The van der Waals surface area contributed by atoms with Crippen LogP contribution >= 0.6 is 50.5 Å². The molecule has 0 saturated heterocycles. The number of aromatic nitrogens is 2. The Balaban J connectivity index is 1.45. The van der Waals surface area contributed by atoms with Crippen molar-refractivity contribution in [2.75, 3.05) is 0 Å². The lowest BCUT2D eigenvalue weighted by Gasteiger charge is -2.01. The molecule has 5 nitrogen and oxygen atoms in total. The van der Waals surface area contributed by atoms with Gasteiger partial charge in [-0.25, -0.2) is 10.4 Å². The van der Waals surface area contributed by atoms with Crippen molar-refractivity contribution in [2.45, 2.75) is 6.42 Å². The summed E-state index contributed by atoms with van der Waals surface area (Å²) in [6.45, 7) is 0. The maximum absolute atomic E-state index is 12.3. The molecule has 0 unspecified atom stereocenters. The van der Waals surface area contributed by atoms with Gasteiger partial charge in [-0.3, -0.25) is 9.20 Å². The van der Waals surface area contributed by atoms with Gasteiger partial charge in [-0.05, 0) is 24.3 Å². The highest BCUT2D eigenvalue weighted by molar-refractivity contribution is 9.10. The quantitative estimate of drug-likeness (QED) is 0.273. The standard InChI is InChI=1S/C20H13BrCl2N4OS/c21-14-4-1-12(2-5-14)18-10-27-16(11-29-20(27)25-18)8-19(28)26-24-9-13-3-6-15(22)7-17(13)23/h1-7,9-11H,8H2,(H,26,28)/b24-9+. The fourth-order valence-corrected chi connectivity index (χ4v) is 4.29. The van der Waals surface area contributed by atoms with Gasteiger partial charge in [0.1, 0.15) is 0 Å². The molecule has 2 heterocycles. The average molecular weight is 508 g/mol. The molecule has 0 aliphatic heterocycles. The summed E-state index contributed by atoms with van der Waals surface area (Å²) in [7, 11) is 0. The van der Waals surface area contributed by atoms with Crippen LogP contribution in [0.4, 0.5) is 0 Å². The molecule has 29 heavy (non-hydrogen) atoms. The second-order valence-corrected chi connectivity index (χ2v) is 8.74. The maximum atomic E-state index is 12.3. The van der Waals surface area contributed by atoms with E-state index >= 15 is 0 Å². The molecule has 146 valence electrons. The van der Waals surface area contributed by atoms with Crippen LogP contribution in [0.2, 0.25) is 10.0 Å². The van der Waals surface area contributed by atoms with E-state index in [2.05, 4.69) is 31.4 Å². The Bertz CT molecular complexity index is 1220. The molecule has 0 saturated carbocycles. The lowest BCUT2D eigenvalue weighted by Crippen LogP contribution is -2.20. The first kappa shape index (κ1) is 20.1. The molecule has 4 aromatic rings. The van der Waals surface area contributed by atoms with Gasteiger partial charge in [0.05, 0.1) is 23.4 Å². The molecule has 0 spiro atoms. The van der Waals surface area contributed by atoms with Gasteiger partial charge in [0.15, 0.2) is 4.96 Å². The van der Waals surface area contributed by atoms with Crippen molar-refractivity contribution in [2.24, 2.45) is 5.10 Å². The van der Waals surface area contributed by atoms with Crippen molar-refractivity contribution in [3.63, 3.8) is 0 Å². The highest BCUT2D eigenvalue weighted by Crippen LogP contribution is 2.25. The van der Waals surface area contributed by atoms with Crippen LogP contribution in [0, 0.1) is 0 Å². The fourth-order valence-electron chi connectivity index (χ4n) is 2.70. The second kappa shape index (κ2) is 8.67. The normalized spacial score (nSPS) is 11.4. The number of imidazole rings is 1. The molecule has 9 heteroatoms. The zero-order chi connectivity index (χ0) is 20.4. The number of carbonyl (C=O) groups is 1. The van der Waals surface area contributed by atoms with Gasteiger partial charge in [0.25, 0.3) is 0 Å². The predicted molar refractivity (Wildman–Crippen MR) is 122 cm³/mol. The Morgan fingerprint density at radius 2 is 2.03 bits per heavy atom. The van der Waals surface area contributed by atoms with Gasteiger partial charge in [0, 0.05) is 37.9 Å². The van der Waals surface area contributed by atoms with E-state index in [9.17, 15) is 4.79 Å². The number of fused-ring (bicyclic) bond motifs is 1. The fraction of sp³-hybridized carbons (Fsp3) is 0.0500. The number of hydrogen-bond donors (Lipinski definition) is 1. The molecule has 0 fully saturated rings. The largest absolute Gasteiger partial charge is 0.294 e. The summed E-state index contributed by atoms with van der Waals surface area (Å²) in [4.78, 5) is 17.8. The highest BCUT2D eigenvalue weighted by Gasteiger charge is 2.12. The smallest absolute Gasteiger partial charge is 0.246 e. The third kappa shape index (κ3) is 4.70. The third-order valence-corrected chi connectivity index (χ3v) is 6.10. The number of carbonyl (C=O) groups excluding carboxylic acids is 1. The SMILES string of the molecule is O=C(Cc1csc2nc(-c3ccc(Br)cc3)cn12)N/N=C/c1ccc(Cl)cc1Cl. The first-order valence-corrected chi connectivity index (χ1v) is 10.9. The topological polar surface area (TPSA) is 58.8 Å². The van der Waals surface area contributed by atoms with Crippen molar-refractivity contribution in [3.8, 4) is 11.3 Å². The Morgan fingerprint density at radius 1 is 1.24 bits per heavy atom. The number of hydrogen-bond acceptors (Lipinski definition) is 4. The lowest BCUT2D eigenvalue weighted by molar-refractivity contribution is -0.120. The van der Waals surface area contributed by atoms with Crippen LogP contribution in [0.3, 0.4) is 0 Å². The number of nitrogens with one attached hydrogen (secondary N) is 1. The average Bonchev–Trinajstić information content (AvgIpc) is 3.26. The molecule has 2 aromatic carbocycles. The second-order valence-electron chi connectivity index (χ2n) is 6.15. The van der Waals surface area contributed by atoms with E-state index in [1.165, 1.54) is 17.6 Å². The van der Waals surface area contributed by atoms with E-state index in [4.69, 9.17) is 23.2 Å². The Morgan fingerprint density at radius 3 is 2.79 bits per heavy atom. The van der Waals surface area contributed by atoms with Gasteiger partial charge in [-0.2, -0.15) is 5.10 Å². The molecule has 4 rings (SSSR count). The number of nitrogens with zero attached hydrogens (tertiary/aromatic N) is 3. The van der Waals surface area contributed by atoms with Gasteiger partial charge in [-0.15, -0.1) is 11.3 Å². The van der Waals surface area contributed by atoms with Crippen molar-refractivity contribution in [1.82, 2.24) is 14.8 Å². The third-order valence-electron chi connectivity index (χ3n) is 4.12. The summed E-state index contributed by atoms with van der Waals surface area (Å²) < 4.78 is 2.95. The maximum Gasteiger partial charge on any atom is 0.246 e. The number of rotatable bonds is 5. The Labute approximate surface area is 189 Å². The predicted octanol–water partition coefficient (Wildman–Crippen LogP) is 5.82. The lowest BCUT2D eigenvalue weighted by atomic mass is 10.2. The van der Waals surface area contributed by atoms with Crippen LogP contribution < -0.4 is 5.43 Å². The van der Waals surface area contributed by atoms with Crippen LogP contribution in [-0.2, 0) is 11.2 Å². The van der Waals surface area contributed by atoms with Crippen LogP contribution in [0.5, 0.6) is 0 Å². The summed E-state index contributed by atoms with van der Waals surface area (Å²) in [5.74, 6) is -0.232. The van der Waals surface area contributed by atoms with Gasteiger partial charge < -0.3 is 0 Å². The van der Waals surface area contributed by atoms with Gasteiger partial charge in [-0.1, -0.05) is 57.3 Å². The van der Waals surface area contributed by atoms with Gasteiger partial charge >= 0.3 is 0 Å². The van der Waals surface area contributed by atoms with E-state index in [1.807, 2.05) is 40.2 Å². The summed E-state index contributed by atoms with van der Waals surface area (Å²) in [6.07, 6.45) is 3.61. The monoisotopic (exact) mass is 506 g/mol. The Kier molecular flexibility index (Phi) is 6.01. The van der Waals surface area contributed by atoms with E-state index < -0.39 is 0 Å². The minimum Gasteiger partial charge on any atom is -0.294 e. The van der Waals surface area contributed by atoms with Crippen LogP contribution in [0.25, 0.3) is 16.2 Å². The summed E-state index contributed by atoms with van der Waals surface area (Å²) in [6, 6.07) is 13.0. The van der Waals surface area contributed by atoms with E-state index in [1.54, 1.807) is 18.2 Å². The molecule has 0 atom stereocenters. The highest BCUT2D eigenvalue weighted by atomic mass is 79.9. The molecule has 0 bridgehead atoms. The van der Waals surface area contributed by atoms with Crippen molar-refractivity contribution >= 4 is 67.6 Å². The summed E-state index contributed by atoms with van der Waals surface area (Å²) >= 11 is 16.9. The Hall–Kier alpha value is -2.19. The van der Waals surface area contributed by atoms with Crippen molar-refractivity contribution in [3.05, 3.63) is 79.8 Å². The van der Waals surface area contributed by atoms with E-state index in [-0.39, 0.29) is 12.3 Å². The minimum atomic E-state index is -0.232. The number of halogens is 3. The molecule has 0 aliphatic carbocycles. The molecule has 1 amide bonds. The van der Waals surface area contributed by atoms with Crippen LogP contribution in [0.15, 0.2) is 63.6 Å². The molecule has 1 N–H and O–H groups in total. The van der Waals surface area contributed by atoms with Crippen molar-refractivity contribution < 1.29 is 4.79 Å². The number of benzene rings is 2. The number of thiazole rings is 1. The zero-order valence-electron chi connectivity index (χ0n) is 14.8. The molecule has 2 aromatic heterocycles. The molecule has 0 aliphatic rings. The van der Waals surface area contributed by atoms with E-state index in [0.29, 0.717) is 15.6 Å². The molecular weight excluding hydrogens is 495 g/mol. The molecular formula is C20H13BrCl2N4OS. The first-order valence-electron chi connectivity index (χ1n) is 8.48. The first-order chi connectivity index (χ1) is 14.0. The van der Waals surface area contributed by atoms with Gasteiger partial charge in [0.2, 0.25) is 5.91 Å². The van der Waals surface area contributed by atoms with Crippen molar-refractivity contribution in [1.29, 1.82) is 0 Å². The van der Waals surface area contributed by atoms with Crippen LogP contribution in [0.1, 0.15) is 11.3 Å². The number of amides is 1. The zero-order valence-corrected chi connectivity index (χ0v) is 18.7. The number of hydrazone groups is 1. The summed E-state index contributed by atoms with van der Waals surface area (Å²) in [5.41, 5.74) is 5.92.